The van der Waals surface area contributed by atoms with Gasteiger partial charge in [0.2, 0.25) is 11.8 Å². The number of pyridine rings is 1. The number of likely N-dealkylation sites (tertiary alicyclic amines) is 1. The van der Waals surface area contributed by atoms with E-state index in [4.69, 9.17) is 4.74 Å². The molecule has 33 heavy (non-hydrogen) atoms. The van der Waals surface area contributed by atoms with Crippen molar-refractivity contribution in [3.63, 3.8) is 0 Å². The highest BCUT2D eigenvalue weighted by atomic mass is 32.2. The second-order valence-electron chi connectivity index (χ2n) is 7.25. The van der Waals surface area contributed by atoms with Crippen molar-refractivity contribution in [2.75, 3.05) is 24.7 Å². The Kier molecular flexibility index (Phi) is 6.98. The Morgan fingerprint density at radius 2 is 2.06 bits per heavy atom. The molecule has 1 aromatic carbocycles. The fourth-order valence-corrected chi connectivity index (χ4v) is 4.18. The monoisotopic (exact) mass is 466 g/mol. The predicted molar refractivity (Wildman–Crippen MR) is 121 cm³/mol. The minimum absolute atomic E-state index is 0.0655. The van der Waals surface area contributed by atoms with Crippen molar-refractivity contribution in [3.8, 4) is 5.82 Å². The highest BCUT2D eigenvalue weighted by Crippen LogP contribution is 2.23. The zero-order valence-corrected chi connectivity index (χ0v) is 18.7. The van der Waals surface area contributed by atoms with Gasteiger partial charge in [0, 0.05) is 24.8 Å². The number of amides is 2. The van der Waals surface area contributed by atoms with Crippen LogP contribution in [0.2, 0.25) is 0 Å². The number of carbonyl (C=O) groups is 3. The maximum atomic E-state index is 12.5. The number of carbonyl (C=O) groups excluding carboxylic acids is 3. The number of hydrogen-bond acceptors (Lipinski definition) is 8. The van der Waals surface area contributed by atoms with E-state index in [1.807, 2.05) is 12.1 Å². The van der Waals surface area contributed by atoms with Gasteiger partial charge in [0.15, 0.2) is 11.0 Å². The average molecular weight is 467 g/mol. The highest BCUT2D eigenvalue weighted by molar-refractivity contribution is 7.99. The van der Waals surface area contributed by atoms with Crippen LogP contribution in [0.25, 0.3) is 5.82 Å². The van der Waals surface area contributed by atoms with Crippen LogP contribution in [0.5, 0.6) is 0 Å². The molecule has 2 aromatic heterocycles. The summed E-state index contributed by atoms with van der Waals surface area (Å²) >= 11 is 1.21. The Hall–Kier alpha value is -3.73. The SMILES string of the molecule is COC(=O)c1cccc(NC(=O)CSc2nnc(CN3CCCC3=O)n2-c2ccccn2)c1. The van der Waals surface area contributed by atoms with Crippen molar-refractivity contribution in [2.45, 2.75) is 24.5 Å². The van der Waals surface area contributed by atoms with E-state index in [9.17, 15) is 14.4 Å². The molecule has 0 bridgehead atoms. The summed E-state index contributed by atoms with van der Waals surface area (Å²) < 4.78 is 6.47. The number of esters is 1. The van der Waals surface area contributed by atoms with Crippen LogP contribution in [0.1, 0.15) is 29.0 Å². The number of rotatable bonds is 8. The first kappa shape index (κ1) is 22.5. The molecule has 1 N–H and O–H groups in total. The third-order valence-electron chi connectivity index (χ3n) is 4.98. The fraction of sp³-hybridized carbons (Fsp3) is 0.273. The molecule has 1 fully saturated rings. The highest BCUT2D eigenvalue weighted by Gasteiger charge is 2.24. The van der Waals surface area contributed by atoms with Crippen LogP contribution >= 0.6 is 11.8 Å². The third-order valence-corrected chi connectivity index (χ3v) is 5.91. The van der Waals surface area contributed by atoms with Crippen molar-refractivity contribution in [1.29, 1.82) is 0 Å². The Balaban J connectivity index is 1.48. The number of hydrogen-bond donors (Lipinski definition) is 1. The Morgan fingerprint density at radius 3 is 2.79 bits per heavy atom. The maximum absolute atomic E-state index is 12.5. The normalized spacial score (nSPS) is 13.2. The van der Waals surface area contributed by atoms with Crippen LogP contribution in [-0.2, 0) is 20.9 Å². The van der Waals surface area contributed by atoms with E-state index in [0.29, 0.717) is 47.6 Å². The topological polar surface area (TPSA) is 119 Å². The van der Waals surface area contributed by atoms with Crippen molar-refractivity contribution in [1.82, 2.24) is 24.6 Å². The zero-order valence-electron chi connectivity index (χ0n) is 17.9. The van der Waals surface area contributed by atoms with Crippen LogP contribution in [0, 0.1) is 0 Å². The molecule has 1 aliphatic heterocycles. The van der Waals surface area contributed by atoms with Gasteiger partial charge in [0.05, 0.1) is 25.0 Å². The predicted octanol–water partition coefficient (Wildman–Crippen LogP) is 2.30. The van der Waals surface area contributed by atoms with Crippen LogP contribution in [0.15, 0.2) is 53.8 Å². The molecule has 0 unspecified atom stereocenters. The lowest BCUT2D eigenvalue weighted by atomic mass is 10.2. The summed E-state index contributed by atoms with van der Waals surface area (Å²) in [6, 6.07) is 12.0. The Bertz CT molecular complexity index is 1170. The summed E-state index contributed by atoms with van der Waals surface area (Å²) in [5, 5.41) is 11.8. The van der Waals surface area contributed by atoms with Gasteiger partial charge < -0.3 is 15.0 Å². The fourth-order valence-electron chi connectivity index (χ4n) is 3.42. The van der Waals surface area contributed by atoms with E-state index in [0.717, 1.165) is 6.42 Å². The van der Waals surface area contributed by atoms with E-state index in [1.165, 1.54) is 18.9 Å². The van der Waals surface area contributed by atoms with Gasteiger partial charge in [-0.25, -0.2) is 9.78 Å². The molecule has 3 heterocycles. The third kappa shape index (κ3) is 5.37. The van der Waals surface area contributed by atoms with Crippen molar-refractivity contribution >= 4 is 35.2 Å². The molecule has 0 aliphatic carbocycles. The number of anilines is 1. The van der Waals surface area contributed by atoms with E-state index >= 15 is 0 Å². The first-order chi connectivity index (χ1) is 16.0. The summed E-state index contributed by atoms with van der Waals surface area (Å²) in [6.45, 7) is 1.01. The Labute approximate surface area is 194 Å². The second kappa shape index (κ2) is 10.3. The molecule has 0 saturated carbocycles. The molecule has 10 nitrogen and oxygen atoms in total. The summed E-state index contributed by atoms with van der Waals surface area (Å²) in [4.78, 5) is 42.4. The standard InChI is InChI=1S/C22H22N6O4S/c1-32-21(31)15-6-4-7-16(12-15)24-19(29)14-33-22-26-25-18(13-27-11-5-9-20(27)30)28(22)17-8-2-3-10-23-17/h2-4,6-8,10,12H,5,9,11,13-14H2,1H3,(H,24,29). The van der Waals surface area contributed by atoms with Crippen LogP contribution in [-0.4, -0.2) is 61.8 Å². The number of nitrogens with zero attached hydrogens (tertiary/aromatic N) is 5. The molecular weight excluding hydrogens is 444 g/mol. The molecule has 0 spiro atoms. The smallest absolute Gasteiger partial charge is 0.337 e. The second-order valence-corrected chi connectivity index (χ2v) is 8.19. The summed E-state index contributed by atoms with van der Waals surface area (Å²) in [6.07, 6.45) is 3.03. The minimum Gasteiger partial charge on any atom is -0.465 e. The molecule has 4 rings (SSSR count). The molecule has 3 aromatic rings. The van der Waals surface area contributed by atoms with Crippen LogP contribution in [0.4, 0.5) is 5.69 Å². The summed E-state index contributed by atoms with van der Waals surface area (Å²) in [7, 11) is 1.30. The van der Waals surface area contributed by atoms with Gasteiger partial charge in [-0.05, 0) is 36.8 Å². The molecule has 1 saturated heterocycles. The Morgan fingerprint density at radius 1 is 1.18 bits per heavy atom. The minimum atomic E-state index is -0.479. The average Bonchev–Trinajstić information content (AvgIpc) is 3.43. The molecule has 2 amide bonds. The zero-order chi connectivity index (χ0) is 23.2. The van der Waals surface area contributed by atoms with E-state index in [2.05, 4.69) is 20.5 Å². The van der Waals surface area contributed by atoms with Crippen molar-refractivity contribution < 1.29 is 19.1 Å². The lowest BCUT2D eigenvalue weighted by molar-refractivity contribution is -0.128. The molecule has 1 aliphatic rings. The van der Waals surface area contributed by atoms with Gasteiger partial charge in [-0.3, -0.25) is 14.2 Å². The van der Waals surface area contributed by atoms with E-state index in [-0.39, 0.29) is 17.6 Å². The lowest BCUT2D eigenvalue weighted by Gasteiger charge is -2.16. The number of methoxy groups -OCH3 is 1. The number of nitrogens with one attached hydrogen (secondary N) is 1. The van der Waals surface area contributed by atoms with Gasteiger partial charge in [0.25, 0.3) is 0 Å². The lowest BCUT2D eigenvalue weighted by Crippen LogP contribution is -2.26. The molecule has 170 valence electrons. The first-order valence-electron chi connectivity index (χ1n) is 10.3. The number of benzene rings is 1. The van der Waals surface area contributed by atoms with Gasteiger partial charge in [-0.15, -0.1) is 10.2 Å². The van der Waals surface area contributed by atoms with Gasteiger partial charge in [0.1, 0.15) is 5.82 Å². The quantitative estimate of drug-likeness (QED) is 0.397. The molecule has 11 heteroatoms. The van der Waals surface area contributed by atoms with Gasteiger partial charge >= 0.3 is 5.97 Å². The van der Waals surface area contributed by atoms with Gasteiger partial charge in [-0.2, -0.15) is 0 Å². The largest absolute Gasteiger partial charge is 0.465 e. The maximum Gasteiger partial charge on any atom is 0.337 e. The molecular formula is C22H22N6O4S. The summed E-state index contributed by atoms with van der Waals surface area (Å²) in [5.74, 6) is 0.599. The van der Waals surface area contributed by atoms with Crippen LogP contribution < -0.4 is 5.32 Å². The van der Waals surface area contributed by atoms with E-state index in [1.54, 1.807) is 46.0 Å². The number of aromatic nitrogens is 4. The summed E-state index contributed by atoms with van der Waals surface area (Å²) in [5.41, 5.74) is 0.835. The molecule has 0 atom stereocenters. The van der Waals surface area contributed by atoms with Crippen molar-refractivity contribution in [3.05, 3.63) is 60.0 Å². The van der Waals surface area contributed by atoms with Crippen LogP contribution in [0.3, 0.4) is 0 Å². The first-order valence-corrected chi connectivity index (χ1v) is 11.3. The molecule has 0 radical (unpaired) electrons. The number of thioether (sulfide) groups is 1. The van der Waals surface area contributed by atoms with Crippen molar-refractivity contribution in [2.24, 2.45) is 0 Å². The van der Waals surface area contributed by atoms with E-state index < -0.39 is 5.97 Å². The number of ether oxygens (including phenoxy) is 1. The van der Waals surface area contributed by atoms with Gasteiger partial charge in [-0.1, -0.05) is 23.9 Å².